The predicted octanol–water partition coefficient (Wildman–Crippen LogP) is 15.8. The third-order valence-corrected chi connectivity index (χ3v) is 13.5. The highest BCUT2D eigenvalue weighted by atomic mass is 15.2. The van der Waals surface area contributed by atoms with Gasteiger partial charge in [-0.2, -0.15) is 0 Å². The fourth-order valence-electron chi connectivity index (χ4n) is 10.5. The zero-order valence-corrected chi connectivity index (χ0v) is 35.3. The molecule has 5 heterocycles. The lowest BCUT2D eigenvalue weighted by molar-refractivity contribution is 0.591. The van der Waals surface area contributed by atoms with E-state index in [1.165, 1.54) is 92.4 Å². The molecule has 13 rings (SSSR count). The Labute approximate surface area is 353 Å². The first-order chi connectivity index (χ1) is 29.5. The molecule has 61 heavy (non-hydrogen) atoms. The van der Waals surface area contributed by atoms with Crippen molar-refractivity contribution in [2.75, 3.05) is 4.90 Å². The van der Waals surface area contributed by atoms with Crippen molar-refractivity contribution in [2.24, 2.45) is 0 Å². The summed E-state index contributed by atoms with van der Waals surface area (Å²) in [5.41, 5.74) is 13.9. The Bertz CT molecular complexity index is 3890. The molecule has 0 amide bonds. The van der Waals surface area contributed by atoms with Gasteiger partial charge in [0, 0.05) is 49.1 Å². The fourth-order valence-corrected chi connectivity index (χ4v) is 10.5. The Morgan fingerprint density at radius 2 is 0.951 bits per heavy atom. The van der Waals surface area contributed by atoms with Crippen LogP contribution in [0, 0.1) is 0 Å². The molecular formula is C57H44N4. The number of fused-ring (bicyclic) bond motifs is 15. The molecular weight excluding hydrogens is 741 g/mol. The first-order valence-electron chi connectivity index (χ1n) is 21.6. The Morgan fingerprint density at radius 3 is 1.61 bits per heavy atom. The maximum absolute atomic E-state index is 5.89. The number of rotatable bonds is 3. The van der Waals surface area contributed by atoms with Crippen molar-refractivity contribution in [3.63, 3.8) is 0 Å². The predicted molar refractivity (Wildman–Crippen MR) is 261 cm³/mol. The van der Waals surface area contributed by atoms with Gasteiger partial charge in [-0.3, -0.25) is 4.40 Å². The summed E-state index contributed by atoms with van der Waals surface area (Å²) in [6.45, 7) is 14.0. The summed E-state index contributed by atoms with van der Waals surface area (Å²) in [6.07, 6.45) is 0. The average Bonchev–Trinajstić information content (AvgIpc) is 3.98. The third kappa shape index (κ3) is 4.68. The summed E-state index contributed by atoms with van der Waals surface area (Å²) in [5.74, 6) is 0. The van der Waals surface area contributed by atoms with Crippen LogP contribution >= 0.6 is 0 Å². The Balaban J connectivity index is 1.28. The highest BCUT2D eigenvalue weighted by Crippen LogP contribution is 2.51. The van der Waals surface area contributed by atoms with Crippen molar-refractivity contribution < 1.29 is 0 Å². The van der Waals surface area contributed by atoms with Gasteiger partial charge in [0.15, 0.2) is 0 Å². The first-order valence-corrected chi connectivity index (χ1v) is 21.6. The van der Waals surface area contributed by atoms with Gasteiger partial charge in [0.25, 0.3) is 0 Å². The van der Waals surface area contributed by atoms with Crippen LogP contribution in [0.15, 0.2) is 158 Å². The monoisotopic (exact) mass is 784 g/mol. The molecule has 292 valence electrons. The fraction of sp³-hybridized carbons (Fsp3) is 0.140. The van der Waals surface area contributed by atoms with Crippen molar-refractivity contribution in [1.82, 2.24) is 13.8 Å². The molecule has 0 radical (unpaired) electrons. The topological polar surface area (TPSA) is 24.9 Å². The Morgan fingerprint density at radius 1 is 0.410 bits per heavy atom. The summed E-state index contributed by atoms with van der Waals surface area (Å²) >= 11 is 0. The molecule has 0 fully saturated rings. The van der Waals surface area contributed by atoms with Gasteiger partial charge < -0.3 is 9.30 Å². The van der Waals surface area contributed by atoms with Crippen LogP contribution < -0.4 is 4.90 Å². The van der Waals surface area contributed by atoms with Gasteiger partial charge in [-0.05, 0) is 116 Å². The van der Waals surface area contributed by atoms with Crippen LogP contribution in [0.25, 0.3) is 98.0 Å². The van der Waals surface area contributed by atoms with Gasteiger partial charge in [-0.1, -0.05) is 126 Å². The minimum Gasteiger partial charge on any atom is -0.308 e. The number of pyridine rings is 1. The maximum atomic E-state index is 5.89. The van der Waals surface area contributed by atoms with Gasteiger partial charge in [-0.15, -0.1) is 0 Å². The van der Waals surface area contributed by atoms with E-state index in [9.17, 15) is 0 Å². The van der Waals surface area contributed by atoms with E-state index in [-0.39, 0.29) is 10.8 Å². The summed E-state index contributed by atoms with van der Waals surface area (Å²) in [6, 6.07) is 58.8. The van der Waals surface area contributed by atoms with E-state index < -0.39 is 0 Å². The summed E-state index contributed by atoms with van der Waals surface area (Å²) in [4.78, 5) is 8.33. The molecule has 0 N–H and O–H groups in total. The molecule has 0 aliphatic carbocycles. The molecule has 0 atom stereocenters. The molecule has 0 bridgehead atoms. The van der Waals surface area contributed by atoms with Crippen LogP contribution in [0.2, 0.25) is 0 Å². The number of nitrogens with zero attached hydrogens (tertiary/aromatic N) is 4. The van der Waals surface area contributed by atoms with Crippen LogP contribution in [0.1, 0.15) is 52.7 Å². The lowest BCUT2D eigenvalue weighted by Crippen LogP contribution is -2.11. The molecule has 4 heteroatoms. The molecule has 13 aromatic rings. The van der Waals surface area contributed by atoms with Crippen LogP contribution in [-0.4, -0.2) is 13.8 Å². The Hall–Kier alpha value is -7.17. The van der Waals surface area contributed by atoms with Crippen LogP contribution in [0.5, 0.6) is 0 Å². The standard InChI is InChI=1S/C57H44N4/c1-56(2,3)36-28-42-41-25-33-17-13-14-18-34(33)26-47(41)61-52(42)43(29-36)44-32-48-51(58-55(44)61)46-31-37(57(4,5)6)30-45-50-40-24-16-15-19-35(40)27-49(54(50)60(48)53(45)46)59(38-20-9-7-10-21-38)39-22-11-8-12-23-39/h7-32H,1-6H3. The third-order valence-electron chi connectivity index (χ3n) is 13.5. The van der Waals surface area contributed by atoms with Gasteiger partial charge >= 0.3 is 0 Å². The van der Waals surface area contributed by atoms with Crippen molar-refractivity contribution in [3.05, 3.63) is 169 Å². The molecule has 0 saturated carbocycles. The van der Waals surface area contributed by atoms with Gasteiger partial charge in [0.05, 0.1) is 38.8 Å². The van der Waals surface area contributed by atoms with E-state index in [0.717, 1.165) is 33.7 Å². The van der Waals surface area contributed by atoms with Gasteiger partial charge in [0.1, 0.15) is 5.65 Å². The van der Waals surface area contributed by atoms with E-state index in [0.29, 0.717) is 0 Å². The second kappa shape index (κ2) is 11.8. The highest BCUT2D eigenvalue weighted by molar-refractivity contribution is 6.32. The minimum absolute atomic E-state index is 0.0421. The largest absolute Gasteiger partial charge is 0.308 e. The molecule has 0 spiro atoms. The van der Waals surface area contributed by atoms with Crippen molar-refractivity contribution in [1.29, 1.82) is 0 Å². The van der Waals surface area contributed by atoms with E-state index >= 15 is 0 Å². The molecule has 8 aromatic carbocycles. The SMILES string of the molecule is CC(C)(C)c1cc2c3cc4ccccc4cc3n3c4nc5c6cc(C(C)(C)C)cc7c8c9ccccc9cc(N(c9ccccc9)c9ccccc9)c8n(c5cc4c(c1)c23)c67. The molecule has 0 unspecified atom stereocenters. The number of anilines is 3. The van der Waals surface area contributed by atoms with Crippen LogP contribution in [0.4, 0.5) is 17.1 Å². The van der Waals surface area contributed by atoms with Crippen molar-refractivity contribution in [3.8, 4) is 0 Å². The van der Waals surface area contributed by atoms with Crippen LogP contribution in [-0.2, 0) is 10.8 Å². The number of benzene rings is 8. The maximum Gasteiger partial charge on any atom is 0.146 e. The lowest BCUT2D eigenvalue weighted by Gasteiger charge is -2.27. The number of aromatic nitrogens is 3. The number of para-hydroxylation sites is 2. The van der Waals surface area contributed by atoms with Crippen molar-refractivity contribution in [2.45, 2.75) is 52.4 Å². The number of hydrogen-bond acceptors (Lipinski definition) is 2. The normalized spacial score (nSPS) is 13.1. The average molecular weight is 785 g/mol. The Kier molecular flexibility index (Phi) is 6.69. The van der Waals surface area contributed by atoms with E-state index in [1.807, 2.05) is 0 Å². The second-order valence-electron chi connectivity index (χ2n) is 19.3. The molecule has 0 aliphatic heterocycles. The second-order valence-corrected chi connectivity index (χ2v) is 19.3. The molecule has 0 aliphatic rings. The number of hydrogen-bond donors (Lipinski definition) is 0. The quantitative estimate of drug-likeness (QED) is 0.178. The summed E-state index contributed by atoms with van der Waals surface area (Å²) < 4.78 is 5.04. The van der Waals surface area contributed by atoms with E-state index in [4.69, 9.17) is 4.98 Å². The summed E-state index contributed by atoms with van der Waals surface area (Å²) in [5, 5.41) is 13.7. The minimum atomic E-state index is -0.0877. The smallest absolute Gasteiger partial charge is 0.146 e. The van der Waals surface area contributed by atoms with Gasteiger partial charge in [0.2, 0.25) is 0 Å². The zero-order chi connectivity index (χ0) is 41.1. The van der Waals surface area contributed by atoms with Crippen LogP contribution in [0.3, 0.4) is 0 Å². The lowest BCUT2D eigenvalue weighted by atomic mass is 9.85. The van der Waals surface area contributed by atoms with Gasteiger partial charge in [-0.25, -0.2) is 4.98 Å². The first kappa shape index (κ1) is 34.7. The molecule has 5 aromatic heterocycles. The summed E-state index contributed by atoms with van der Waals surface area (Å²) in [7, 11) is 0. The highest BCUT2D eigenvalue weighted by Gasteiger charge is 2.30. The van der Waals surface area contributed by atoms with E-state index in [1.54, 1.807) is 0 Å². The molecule has 4 nitrogen and oxygen atoms in total. The van der Waals surface area contributed by atoms with E-state index in [2.05, 4.69) is 213 Å². The zero-order valence-electron chi connectivity index (χ0n) is 35.3. The van der Waals surface area contributed by atoms with Crippen molar-refractivity contribution >= 4 is 115 Å². The molecule has 0 saturated heterocycles.